The van der Waals surface area contributed by atoms with Gasteiger partial charge in [-0.3, -0.25) is 0 Å². The van der Waals surface area contributed by atoms with Crippen LogP contribution >= 0.6 is 0 Å². The molecule has 1 aliphatic heterocycles. The highest BCUT2D eigenvalue weighted by Crippen LogP contribution is 2.33. The third-order valence-electron chi connectivity index (χ3n) is 4.95. The summed E-state index contributed by atoms with van der Waals surface area (Å²) in [5.74, 6) is 0.216. The molecule has 1 heterocycles. The van der Waals surface area contributed by atoms with Gasteiger partial charge in [0, 0.05) is 18.5 Å². The molecule has 4 heteroatoms. The molecule has 128 valence electrons. The van der Waals surface area contributed by atoms with Gasteiger partial charge in [0.25, 0.3) is 0 Å². The predicted octanol–water partition coefficient (Wildman–Crippen LogP) is 4.11. The van der Waals surface area contributed by atoms with Crippen LogP contribution in [0.1, 0.15) is 78.6 Å². The minimum absolute atomic E-state index is 0.150. The summed E-state index contributed by atoms with van der Waals surface area (Å²) >= 11 is 0. The number of hydrogen-bond donors (Lipinski definition) is 1. The number of aliphatic hydroxyl groups is 1. The molecular formula is C18H33NO3. The lowest BCUT2D eigenvalue weighted by Crippen LogP contribution is -2.51. The van der Waals surface area contributed by atoms with Crippen molar-refractivity contribution in [2.45, 2.75) is 96.3 Å². The van der Waals surface area contributed by atoms with E-state index in [-0.39, 0.29) is 24.2 Å². The van der Waals surface area contributed by atoms with Crippen molar-refractivity contribution in [1.82, 2.24) is 4.90 Å². The standard InChI is InChI=1S/C18H33NO3/c1-18(2,3)22-17(21)19-13-9-8-11-15(19)14-10-6-4-5-7-12-16(14)20/h14-16,20H,4-13H2,1-3H3. The summed E-state index contributed by atoms with van der Waals surface area (Å²) in [6, 6.07) is 0.150. The van der Waals surface area contributed by atoms with Gasteiger partial charge in [-0.1, -0.05) is 25.7 Å². The quantitative estimate of drug-likeness (QED) is 0.793. The Bertz CT molecular complexity index is 364. The lowest BCUT2D eigenvalue weighted by atomic mass is 9.80. The van der Waals surface area contributed by atoms with Gasteiger partial charge in [0.1, 0.15) is 5.60 Å². The van der Waals surface area contributed by atoms with Crippen molar-refractivity contribution < 1.29 is 14.6 Å². The number of likely N-dealkylation sites (tertiary alicyclic amines) is 1. The van der Waals surface area contributed by atoms with Crippen molar-refractivity contribution in [1.29, 1.82) is 0 Å². The van der Waals surface area contributed by atoms with Gasteiger partial charge in [0.15, 0.2) is 0 Å². The first-order chi connectivity index (χ1) is 10.4. The average Bonchev–Trinajstić information content (AvgIpc) is 2.42. The SMILES string of the molecule is CC(C)(C)OC(=O)N1CCCCC1C1CCCCCCC1O. The maximum Gasteiger partial charge on any atom is 0.410 e. The fraction of sp³-hybridized carbons (Fsp3) is 0.944. The molecule has 0 radical (unpaired) electrons. The molecule has 0 bridgehead atoms. The van der Waals surface area contributed by atoms with Crippen LogP contribution in [-0.2, 0) is 4.74 Å². The second-order valence-corrected chi connectivity index (χ2v) is 7.96. The highest BCUT2D eigenvalue weighted by atomic mass is 16.6. The van der Waals surface area contributed by atoms with Crippen molar-refractivity contribution in [3.63, 3.8) is 0 Å². The van der Waals surface area contributed by atoms with E-state index in [0.29, 0.717) is 0 Å². The number of rotatable bonds is 1. The van der Waals surface area contributed by atoms with E-state index in [1.807, 2.05) is 25.7 Å². The van der Waals surface area contributed by atoms with Gasteiger partial charge in [-0.05, 0) is 52.9 Å². The molecule has 1 saturated heterocycles. The van der Waals surface area contributed by atoms with Gasteiger partial charge < -0.3 is 14.7 Å². The number of carbonyl (C=O) groups is 1. The van der Waals surface area contributed by atoms with Crippen molar-refractivity contribution in [2.75, 3.05) is 6.54 Å². The van der Waals surface area contributed by atoms with E-state index in [0.717, 1.165) is 45.1 Å². The predicted molar refractivity (Wildman–Crippen MR) is 87.8 cm³/mol. The van der Waals surface area contributed by atoms with Crippen LogP contribution in [0.4, 0.5) is 4.79 Å². The maximum atomic E-state index is 12.5. The Labute approximate surface area is 135 Å². The largest absolute Gasteiger partial charge is 0.444 e. The Balaban J connectivity index is 2.08. The van der Waals surface area contributed by atoms with Gasteiger partial charge in [0.05, 0.1) is 6.10 Å². The minimum Gasteiger partial charge on any atom is -0.444 e. The number of piperidine rings is 1. The minimum atomic E-state index is -0.460. The van der Waals surface area contributed by atoms with Crippen LogP contribution in [-0.4, -0.2) is 40.4 Å². The zero-order valence-corrected chi connectivity index (χ0v) is 14.5. The zero-order valence-electron chi connectivity index (χ0n) is 14.5. The molecule has 22 heavy (non-hydrogen) atoms. The molecule has 4 nitrogen and oxygen atoms in total. The summed E-state index contributed by atoms with van der Waals surface area (Å²) < 4.78 is 5.59. The molecule has 1 amide bonds. The maximum absolute atomic E-state index is 12.5. The number of amides is 1. The Kier molecular flexibility index (Phi) is 6.13. The number of hydrogen-bond acceptors (Lipinski definition) is 3. The molecule has 2 rings (SSSR count). The molecule has 1 N–H and O–H groups in total. The third-order valence-corrected chi connectivity index (χ3v) is 4.95. The molecule has 0 aromatic heterocycles. The van der Waals surface area contributed by atoms with Crippen LogP contribution in [0.2, 0.25) is 0 Å². The van der Waals surface area contributed by atoms with Gasteiger partial charge in [-0.2, -0.15) is 0 Å². The summed E-state index contributed by atoms with van der Waals surface area (Å²) in [5.41, 5.74) is -0.460. The fourth-order valence-corrected chi connectivity index (χ4v) is 3.89. The molecule has 2 fully saturated rings. The van der Waals surface area contributed by atoms with Crippen LogP contribution in [0, 0.1) is 5.92 Å². The van der Waals surface area contributed by atoms with Crippen molar-refractivity contribution in [2.24, 2.45) is 5.92 Å². The molecule has 2 aliphatic rings. The molecule has 3 unspecified atom stereocenters. The number of nitrogens with zero attached hydrogens (tertiary/aromatic N) is 1. The zero-order chi connectivity index (χ0) is 16.2. The van der Waals surface area contributed by atoms with Crippen LogP contribution in [0.25, 0.3) is 0 Å². The topological polar surface area (TPSA) is 49.8 Å². The van der Waals surface area contributed by atoms with Gasteiger partial charge in [0.2, 0.25) is 0 Å². The smallest absolute Gasteiger partial charge is 0.410 e. The molecule has 0 aromatic rings. The monoisotopic (exact) mass is 311 g/mol. The second-order valence-electron chi connectivity index (χ2n) is 7.96. The molecule has 0 aromatic carbocycles. The highest BCUT2D eigenvalue weighted by Gasteiger charge is 2.38. The van der Waals surface area contributed by atoms with E-state index < -0.39 is 5.60 Å². The first-order valence-corrected chi connectivity index (χ1v) is 9.06. The third kappa shape index (κ3) is 4.87. The van der Waals surface area contributed by atoms with E-state index in [1.165, 1.54) is 19.3 Å². The lowest BCUT2D eigenvalue weighted by Gasteiger charge is -2.43. The number of aliphatic hydroxyl groups excluding tert-OH is 1. The Morgan fingerprint density at radius 2 is 1.64 bits per heavy atom. The summed E-state index contributed by atoms with van der Waals surface area (Å²) in [4.78, 5) is 14.5. The second kappa shape index (κ2) is 7.67. The Morgan fingerprint density at radius 3 is 2.32 bits per heavy atom. The van der Waals surface area contributed by atoms with E-state index in [1.54, 1.807) is 0 Å². The highest BCUT2D eigenvalue weighted by molar-refractivity contribution is 5.68. The summed E-state index contributed by atoms with van der Waals surface area (Å²) in [7, 11) is 0. The van der Waals surface area contributed by atoms with E-state index in [2.05, 4.69) is 0 Å². The Hall–Kier alpha value is -0.770. The fourth-order valence-electron chi connectivity index (χ4n) is 3.89. The Morgan fingerprint density at radius 1 is 1.00 bits per heavy atom. The molecule has 1 aliphatic carbocycles. The van der Waals surface area contributed by atoms with E-state index in [4.69, 9.17) is 4.74 Å². The lowest BCUT2D eigenvalue weighted by molar-refractivity contribution is -0.0221. The normalized spacial score (nSPS) is 31.3. The van der Waals surface area contributed by atoms with E-state index >= 15 is 0 Å². The van der Waals surface area contributed by atoms with Crippen molar-refractivity contribution >= 4 is 6.09 Å². The molecular weight excluding hydrogens is 278 g/mol. The number of ether oxygens (including phenoxy) is 1. The van der Waals surface area contributed by atoms with Crippen LogP contribution in [0.3, 0.4) is 0 Å². The van der Waals surface area contributed by atoms with E-state index in [9.17, 15) is 9.90 Å². The first-order valence-electron chi connectivity index (χ1n) is 9.06. The van der Waals surface area contributed by atoms with Crippen molar-refractivity contribution in [3.05, 3.63) is 0 Å². The van der Waals surface area contributed by atoms with Crippen LogP contribution in [0.15, 0.2) is 0 Å². The van der Waals surface area contributed by atoms with Crippen LogP contribution < -0.4 is 0 Å². The van der Waals surface area contributed by atoms with Crippen molar-refractivity contribution in [3.8, 4) is 0 Å². The molecule has 1 saturated carbocycles. The molecule has 3 atom stereocenters. The van der Waals surface area contributed by atoms with Gasteiger partial charge in [-0.15, -0.1) is 0 Å². The summed E-state index contributed by atoms with van der Waals surface area (Å²) in [6.45, 7) is 6.50. The molecule has 0 spiro atoms. The summed E-state index contributed by atoms with van der Waals surface area (Å²) in [6.07, 6.45) is 9.38. The summed E-state index contributed by atoms with van der Waals surface area (Å²) in [5, 5.41) is 10.6. The first kappa shape index (κ1) is 17.6. The van der Waals surface area contributed by atoms with Gasteiger partial charge in [-0.25, -0.2) is 4.79 Å². The van der Waals surface area contributed by atoms with Crippen LogP contribution in [0.5, 0.6) is 0 Å². The average molecular weight is 311 g/mol. The number of carbonyl (C=O) groups excluding carboxylic acids is 1. The van der Waals surface area contributed by atoms with Gasteiger partial charge >= 0.3 is 6.09 Å².